The topological polar surface area (TPSA) is 167 Å². The highest BCUT2D eigenvalue weighted by Gasteiger charge is 2.64. The van der Waals surface area contributed by atoms with E-state index < -0.39 is 21.8 Å². The fourth-order valence-electron chi connectivity index (χ4n) is 19.8. The summed E-state index contributed by atoms with van der Waals surface area (Å²) >= 11 is 0. The molecule has 3 aromatic carbocycles. The van der Waals surface area contributed by atoms with Gasteiger partial charge in [0, 0.05) is 58.8 Å². The van der Waals surface area contributed by atoms with Crippen LogP contribution in [0.25, 0.3) is 0 Å². The van der Waals surface area contributed by atoms with Crippen LogP contribution in [-0.4, -0.2) is 70.7 Å². The number of phenolic OH excluding ortho intramolecular Hbond substituents is 2. The highest BCUT2D eigenvalue weighted by Crippen LogP contribution is 2.72. The fourth-order valence-corrected chi connectivity index (χ4v) is 19.8. The van der Waals surface area contributed by atoms with Gasteiger partial charge in [0.05, 0.1) is 37.0 Å². The normalized spacial score (nSPS) is 37.0. The van der Waals surface area contributed by atoms with Crippen LogP contribution >= 0.6 is 0 Å². The van der Waals surface area contributed by atoms with Crippen LogP contribution < -0.4 is 15.8 Å². The van der Waals surface area contributed by atoms with Gasteiger partial charge in [0.15, 0.2) is 23.2 Å². The Hall–Kier alpha value is -5.60. The maximum atomic E-state index is 15.8. The summed E-state index contributed by atoms with van der Waals surface area (Å²) in [5.74, 6) is 7.92. The molecule has 1 aliphatic heterocycles. The molecule has 3 aromatic rings. The minimum Gasteiger partial charge on any atom is -0.508 e. The molecule has 5 fully saturated rings. The number of ketones is 1. The van der Waals surface area contributed by atoms with E-state index in [4.69, 9.17) is 20.2 Å². The summed E-state index contributed by atoms with van der Waals surface area (Å²) < 4.78 is 13.9. The second kappa shape index (κ2) is 20.1. The molecular weight excluding hydrogens is 995 g/mol. The van der Waals surface area contributed by atoms with Crippen molar-refractivity contribution in [1.82, 2.24) is 5.32 Å². The molecule has 80 heavy (non-hydrogen) atoms. The standard InChI is InChI=1S/C70H83N3O7/c1-41-36-68-24-19-44-30-46-38-67(40-75)21-9-6-18-56(67)55(39-74)61(46)57(77)34-53(44)54-35-59(80-51-15-4-5-16-51)65(78)63-52(54)17-11-14-49(31-45-32-60(68)69(37-41)25-20-58(79-2)62(45)64(63)69)72-66(71)73-70(22-7-3-8-23-70)47-13-10-12-42(27-47)26-43-28-48(68)33-50(76)29-43/h9-10,12-13,19,21,24,27-29,32-33,35,41,44-46,49,51,53,56,58,62,64,74-76,78H,3-8,14-16,18,20,22-23,25-26,30-31,34,36-40H2,1-2H3,(H3,71,72,73)/b24-19+/t41-,44+,45-,46-,49+,53+,56-,58-,62+,64-,67-,68+,69-/m0/s1. The van der Waals surface area contributed by atoms with Gasteiger partial charge in [-0.25, -0.2) is 4.99 Å². The first-order chi connectivity index (χ1) is 38.9. The van der Waals surface area contributed by atoms with Crippen molar-refractivity contribution < 1.29 is 34.7 Å². The molecule has 5 saturated carbocycles. The van der Waals surface area contributed by atoms with Gasteiger partial charge in [0.25, 0.3) is 0 Å². The molecule has 14 rings (SSSR count). The van der Waals surface area contributed by atoms with Gasteiger partial charge in [-0.2, -0.15) is 0 Å². The Balaban J connectivity index is 1.09. The Morgan fingerprint density at radius 2 is 1.73 bits per heavy atom. The van der Waals surface area contributed by atoms with Gasteiger partial charge < -0.3 is 41.0 Å². The quantitative estimate of drug-likeness (QED) is 0.108. The van der Waals surface area contributed by atoms with Crippen molar-refractivity contribution in [2.24, 2.45) is 57.1 Å². The third-order valence-corrected chi connectivity index (χ3v) is 22.8. The van der Waals surface area contributed by atoms with E-state index in [0.29, 0.717) is 43.8 Å². The van der Waals surface area contributed by atoms with E-state index in [0.717, 1.165) is 129 Å². The summed E-state index contributed by atoms with van der Waals surface area (Å²) in [6.45, 7) is 2.14. The van der Waals surface area contributed by atoms with Crippen LogP contribution in [0.15, 0.2) is 101 Å². The van der Waals surface area contributed by atoms with E-state index in [1.54, 1.807) is 0 Å². The van der Waals surface area contributed by atoms with Crippen LogP contribution in [0.4, 0.5) is 0 Å². The number of Topliss-reactive ketones (excluding diaryl/α,β-unsaturated/α-hetero) is 1. The maximum absolute atomic E-state index is 15.8. The van der Waals surface area contributed by atoms with Gasteiger partial charge in [0.2, 0.25) is 0 Å². The van der Waals surface area contributed by atoms with Crippen LogP contribution in [0.5, 0.6) is 17.2 Å². The second-order valence-electron chi connectivity index (χ2n) is 27.2. The number of carbonyl (C=O) groups is 1. The molecule has 14 bridgehead atoms. The van der Waals surface area contributed by atoms with E-state index >= 15 is 4.79 Å². The first-order valence-corrected chi connectivity index (χ1v) is 31.1. The second-order valence-corrected chi connectivity index (χ2v) is 27.2. The highest BCUT2D eigenvalue weighted by atomic mass is 16.5. The lowest BCUT2D eigenvalue weighted by Gasteiger charge is -2.64. The molecule has 1 heterocycles. The summed E-state index contributed by atoms with van der Waals surface area (Å²) in [7, 11) is 1.87. The van der Waals surface area contributed by atoms with E-state index in [1.165, 1.54) is 23.1 Å². The van der Waals surface area contributed by atoms with Crippen molar-refractivity contribution in [3.8, 4) is 29.1 Å². The van der Waals surface area contributed by atoms with Crippen LogP contribution in [0, 0.1) is 58.2 Å². The maximum Gasteiger partial charge on any atom is 0.189 e. The molecule has 10 aliphatic carbocycles. The zero-order valence-electron chi connectivity index (χ0n) is 47.2. The summed E-state index contributed by atoms with van der Waals surface area (Å²) in [6.07, 6.45) is 29.2. The summed E-state index contributed by atoms with van der Waals surface area (Å²) in [6, 6.07) is 17.2. The Bertz CT molecular complexity index is 3220. The van der Waals surface area contributed by atoms with Crippen molar-refractivity contribution in [1.29, 1.82) is 0 Å². The number of methoxy groups -OCH3 is 1. The molecular formula is C70H83N3O7. The summed E-state index contributed by atoms with van der Waals surface area (Å²) in [4.78, 5) is 21.4. The number of aromatic hydroxyl groups is 2. The van der Waals surface area contributed by atoms with E-state index in [1.807, 2.05) is 19.2 Å². The van der Waals surface area contributed by atoms with Gasteiger partial charge in [-0.1, -0.05) is 104 Å². The molecule has 11 aliphatic rings. The van der Waals surface area contributed by atoms with Crippen molar-refractivity contribution in [2.45, 2.75) is 183 Å². The van der Waals surface area contributed by atoms with E-state index in [2.05, 4.69) is 90.9 Å². The number of hydrogen-bond acceptors (Lipinski definition) is 10. The van der Waals surface area contributed by atoms with Crippen molar-refractivity contribution in [3.05, 3.63) is 135 Å². The minimum absolute atomic E-state index is 0.0458. The zero-order valence-corrected chi connectivity index (χ0v) is 47.2. The highest BCUT2D eigenvalue weighted by molar-refractivity contribution is 5.98. The largest absolute Gasteiger partial charge is 0.508 e. The lowest BCUT2D eigenvalue weighted by atomic mass is 9.40. The number of phenols is 2. The Kier molecular flexibility index (Phi) is 13.2. The number of nitrogens with zero attached hydrogens (tertiary/aromatic N) is 1. The fraction of sp³-hybridized carbons (Fsp3) is 0.571. The van der Waals surface area contributed by atoms with Crippen molar-refractivity contribution >= 4 is 11.7 Å². The van der Waals surface area contributed by atoms with Crippen LogP contribution in [0.1, 0.15) is 186 Å². The van der Waals surface area contributed by atoms with Gasteiger partial charge in [-0.3, -0.25) is 4.79 Å². The molecule has 420 valence electrons. The first-order valence-electron chi connectivity index (χ1n) is 31.1. The number of nitrogens with one attached hydrogen (secondary N) is 1. The Labute approximate surface area is 473 Å². The molecule has 10 nitrogen and oxygen atoms in total. The molecule has 0 unspecified atom stereocenters. The van der Waals surface area contributed by atoms with Gasteiger partial charge in [0.1, 0.15) is 5.75 Å². The zero-order chi connectivity index (χ0) is 54.7. The Morgan fingerprint density at radius 3 is 2.54 bits per heavy atom. The number of nitrogens with two attached hydrogens (primary N) is 1. The number of fused-ring (bicyclic) bond motifs is 10. The van der Waals surface area contributed by atoms with Crippen LogP contribution in [-0.2, 0) is 26.9 Å². The number of aliphatic hydroxyl groups is 2. The number of rotatable bonds is 5. The number of aliphatic imine (C=N–C) groups is 1. The number of hydrogen-bond donors (Lipinski definition) is 6. The lowest BCUT2D eigenvalue weighted by molar-refractivity contribution is -0.116. The number of benzene rings is 3. The molecule has 10 heteroatoms. The van der Waals surface area contributed by atoms with Crippen LogP contribution in [0.3, 0.4) is 0 Å². The molecule has 7 N–H and O–H groups in total. The average molecular weight is 1080 g/mol. The molecule has 2 spiro atoms. The lowest BCUT2D eigenvalue weighted by Crippen LogP contribution is -2.57. The predicted molar refractivity (Wildman–Crippen MR) is 311 cm³/mol. The van der Waals surface area contributed by atoms with Crippen molar-refractivity contribution in [2.75, 3.05) is 20.3 Å². The number of guanidine groups is 1. The number of ether oxygens (including phenoxy) is 2. The first kappa shape index (κ1) is 52.5. The van der Waals surface area contributed by atoms with Gasteiger partial charge in [-0.15, -0.1) is 0 Å². The monoisotopic (exact) mass is 1080 g/mol. The van der Waals surface area contributed by atoms with E-state index in [9.17, 15) is 20.4 Å². The van der Waals surface area contributed by atoms with Crippen LogP contribution in [0.2, 0.25) is 0 Å². The molecule has 0 saturated heterocycles. The van der Waals surface area contributed by atoms with Crippen molar-refractivity contribution in [3.63, 3.8) is 0 Å². The predicted octanol–water partition coefficient (Wildman–Crippen LogP) is 11.9. The average Bonchev–Trinajstić information content (AvgIpc) is 4.04. The third-order valence-electron chi connectivity index (χ3n) is 22.8. The number of carbonyl (C=O) groups excluding carboxylic acids is 1. The molecule has 13 atom stereocenters. The molecule has 0 aromatic heterocycles. The van der Waals surface area contributed by atoms with Gasteiger partial charge >= 0.3 is 0 Å². The molecule has 0 radical (unpaired) electrons. The molecule has 0 amide bonds. The number of aliphatic hydroxyl groups excluding tert-OH is 2. The summed E-state index contributed by atoms with van der Waals surface area (Å²) in [5.41, 5.74) is 15.1. The SMILES string of the molecule is CO[C@H]1CC[C@]23C[C@@H](C)C[C@@]45/C=C/[C@@H]6C[C@H]7C[C@]8(CO)C=CCC[C@H]8C(CO)=C7C(=O)C[C@H]6c6cc(OC7CCCC7)c(O)c7c6C#CC[C@H](C[C@@H](C=C24)[C@H]1[C@@H]73)N=C(N)NC1(CCCCC1)c1cccc(c1)Cc1cc(O)cc5c1. The van der Waals surface area contributed by atoms with Gasteiger partial charge in [-0.05, 0) is 196 Å². The minimum atomic E-state index is -0.717. The summed E-state index contributed by atoms with van der Waals surface area (Å²) in [5, 5.41) is 52.8. The smallest absolute Gasteiger partial charge is 0.189 e. The third kappa shape index (κ3) is 8.34. The van der Waals surface area contributed by atoms with E-state index in [-0.39, 0.29) is 103 Å². The Morgan fingerprint density at radius 1 is 0.887 bits per heavy atom. The number of allylic oxidation sites excluding steroid dienone is 6.